The van der Waals surface area contributed by atoms with Gasteiger partial charge in [-0.3, -0.25) is 0 Å². The lowest BCUT2D eigenvalue weighted by Gasteiger charge is -1.99. The fourth-order valence-corrected chi connectivity index (χ4v) is 1.01. The van der Waals surface area contributed by atoms with Crippen molar-refractivity contribution in [3.63, 3.8) is 0 Å². The van der Waals surface area contributed by atoms with Crippen LogP contribution < -0.4 is 4.18 Å². The van der Waals surface area contributed by atoms with Crippen LogP contribution in [0.4, 0.5) is 5.69 Å². The molecular formula is C6H5ClN2O4S. The van der Waals surface area contributed by atoms with Crippen molar-refractivity contribution in [1.82, 2.24) is 0 Å². The van der Waals surface area contributed by atoms with E-state index >= 15 is 0 Å². The first kappa shape index (κ1) is 11.2. The zero-order chi connectivity index (χ0) is 10.2. The van der Waals surface area contributed by atoms with E-state index in [4.69, 9.17) is 21.2 Å². The van der Waals surface area contributed by atoms with Gasteiger partial charge < -0.3 is 4.18 Å². The Balaban J connectivity index is 2.46. The topological polar surface area (TPSA) is 72.6 Å². The lowest BCUT2D eigenvalue weighted by molar-refractivity contribution is -0.433. The molecule has 0 saturated carbocycles. The maximum atomic E-state index is 7.79. The van der Waals surface area contributed by atoms with Crippen molar-refractivity contribution < 1.29 is 18.8 Å². The molecule has 76 valence electrons. The molecule has 0 unspecified atom stereocenters. The van der Waals surface area contributed by atoms with Gasteiger partial charge in [-0.2, -0.15) is 0 Å². The van der Waals surface area contributed by atoms with Gasteiger partial charge in [-0.15, -0.1) is 5.11 Å². The van der Waals surface area contributed by atoms with Gasteiger partial charge in [0.15, 0.2) is 0 Å². The minimum atomic E-state index is 0.473. The van der Waals surface area contributed by atoms with Crippen LogP contribution in [0.3, 0.4) is 0 Å². The SMILES string of the molecule is OOOSOc1ccc(/N=N/Cl)cc1. The first-order valence-electron chi connectivity index (χ1n) is 3.30. The van der Waals surface area contributed by atoms with Crippen LogP contribution in [0.25, 0.3) is 0 Å². The van der Waals surface area contributed by atoms with Crippen LogP contribution in [0, 0.1) is 0 Å². The normalized spacial score (nSPS) is 10.7. The minimum Gasteiger partial charge on any atom is -0.399 e. The molecule has 8 heteroatoms. The first-order valence-corrected chi connectivity index (χ1v) is 4.31. The molecule has 0 atom stereocenters. The summed E-state index contributed by atoms with van der Waals surface area (Å²) in [7, 11) is 0. The summed E-state index contributed by atoms with van der Waals surface area (Å²) in [5, 5.41) is 14.7. The third-order valence-electron chi connectivity index (χ3n) is 1.18. The quantitative estimate of drug-likeness (QED) is 0.279. The summed E-state index contributed by atoms with van der Waals surface area (Å²) in [6, 6.07) is 6.52. The van der Waals surface area contributed by atoms with Gasteiger partial charge in [-0.1, -0.05) is 14.0 Å². The van der Waals surface area contributed by atoms with E-state index in [0.717, 1.165) is 0 Å². The Labute approximate surface area is 88.8 Å². The Morgan fingerprint density at radius 3 is 2.57 bits per heavy atom. The monoisotopic (exact) mass is 236 g/mol. The van der Waals surface area contributed by atoms with Gasteiger partial charge in [0.2, 0.25) is 0 Å². The maximum Gasteiger partial charge on any atom is 0.261 e. The van der Waals surface area contributed by atoms with Gasteiger partial charge in [0.25, 0.3) is 12.3 Å². The van der Waals surface area contributed by atoms with Crippen molar-refractivity contribution in [2.75, 3.05) is 0 Å². The molecule has 0 aromatic heterocycles. The first-order chi connectivity index (χ1) is 6.86. The summed E-state index contributed by atoms with van der Waals surface area (Å²) in [6.45, 7) is 0. The van der Waals surface area contributed by atoms with E-state index in [9.17, 15) is 0 Å². The van der Waals surface area contributed by atoms with Crippen molar-refractivity contribution in [1.29, 1.82) is 0 Å². The van der Waals surface area contributed by atoms with Crippen LogP contribution in [-0.2, 0) is 9.37 Å². The highest BCUT2D eigenvalue weighted by Gasteiger charge is 1.96. The fraction of sp³-hybridized carbons (Fsp3) is 0. The molecule has 0 spiro atoms. The molecule has 0 amide bonds. The summed E-state index contributed by atoms with van der Waals surface area (Å²) >= 11 is 5.51. The van der Waals surface area contributed by atoms with Crippen LogP contribution in [0.15, 0.2) is 34.0 Å². The smallest absolute Gasteiger partial charge is 0.261 e. The molecule has 0 aliphatic rings. The number of rotatable bonds is 5. The standard InChI is InChI=1S/C6H5ClN2O4S/c7-9-8-5-1-3-6(4-2-5)11-14-13-12-10/h1-4,10H/b9-8+. The summed E-state index contributed by atoms with van der Waals surface area (Å²) in [5.41, 5.74) is 0.594. The van der Waals surface area contributed by atoms with Crippen molar-refractivity contribution in [2.45, 2.75) is 0 Å². The Bertz CT molecular complexity index is 294. The van der Waals surface area contributed by atoms with E-state index in [-0.39, 0.29) is 0 Å². The molecule has 0 saturated heterocycles. The van der Waals surface area contributed by atoms with Gasteiger partial charge in [0.1, 0.15) is 5.75 Å². The lowest BCUT2D eigenvalue weighted by atomic mass is 10.3. The largest absolute Gasteiger partial charge is 0.399 e. The van der Waals surface area contributed by atoms with Crippen LogP contribution in [0.1, 0.15) is 0 Å². The van der Waals surface area contributed by atoms with Gasteiger partial charge >= 0.3 is 0 Å². The molecule has 0 heterocycles. The average molecular weight is 237 g/mol. The molecule has 0 aliphatic carbocycles. The molecule has 0 bridgehead atoms. The van der Waals surface area contributed by atoms with Crippen molar-refractivity contribution in [2.24, 2.45) is 9.75 Å². The van der Waals surface area contributed by atoms with Crippen LogP contribution in [0.2, 0.25) is 0 Å². The van der Waals surface area contributed by atoms with E-state index in [0.29, 0.717) is 23.8 Å². The van der Waals surface area contributed by atoms with Crippen molar-refractivity contribution in [3.05, 3.63) is 24.3 Å². The predicted octanol–water partition coefficient (Wildman–Crippen LogP) is 3.29. The maximum absolute atomic E-state index is 7.79. The van der Waals surface area contributed by atoms with Crippen LogP contribution in [0.5, 0.6) is 5.75 Å². The molecular weight excluding hydrogens is 232 g/mol. The zero-order valence-electron chi connectivity index (χ0n) is 6.66. The number of halogens is 1. The Morgan fingerprint density at radius 2 is 2.00 bits per heavy atom. The number of hydrogen-bond donors (Lipinski definition) is 1. The lowest BCUT2D eigenvalue weighted by Crippen LogP contribution is -1.84. The van der Waals surface area contributed by atoms with E-state index in [1.807, 2.05) is 0 Å². The third kappa shape index (κ3) is 3.90. The average Bonchev–Trinajstić information content (AvgIpc) is 2.21. The highest BCUT2D eigenvalue weighted by molar-refractivity contribution is 7.90. The van der Waals surface area contributed by atoms with Crippen molar-refractivity contribution in [3.8, 4) is 5.75 Å². The Morgan fingerprint density at radius 1 is 1.29 bits per heavy atom. The molecule has 1 aromatic rings. The zero-order valence-corrected chi connectivity index (χ0v) is 8.23. The molecule has 6 nitrogen and oxygen atoms in total. The summed E-state index contributed by atoms with van der Waals surface area (Å²) in [5.74, 6) is 0.501. The van der Waals surface area contributed by atoms with E-state index < -0.39 is 0 Å². The molecule has 1 N–H and O–H groups in total. The second-order valence-electron chi connectivity index (χ2n) is 1.96. The Hall–Kier alpha value is -0.860. The number of nitrogens with zero attached hydrogens (tertiary/aromatic N) is 2. The van der Waals surface area contributed by atoms with E-state index in [1.54, 1.807) is 24.3 Å². The van der Waals surface area contributed by atoms with Gasteiger partial charge in [0, 0.05) is 0 Å². The number of benzene rings is 1. The molecule has 0 fully saturated rings. The molecule has 0 radical (unpaired) electrons. The molecule has 1 aromatic carbocycles. The second kappa shape index (κ2) is 6.57. The van der Waals surface area contributed by atoms with Crippen LogP contribution >= 0.6 is 24.1 Å². The number of hydrogen-bond acceptors (Lipinski definition) is 7. The summed E-state index contributed by atoms with van der Waals surface area (Å²) < 4.78 is 12.0. The van der Waals surface area contributed by atoms with Crippen LogP contribution in [-0.4, -0.2) is 5.26 Å². The molecule has 1 rings (SSSR count). The molecule has 0 aliphatic heterocycles. The fourth-order valence-electron chi connectivity index (χ4n) is 0.678. The van der Waals surface area contributed by atoms with Gasteiger partial charge in [0.05, 0.1) is 17.5 Å². The minimum absolute atomic E-state index is 0.473. The van der Waals surface area contributed by atoms with Gasteiger partial charge in [-0.25, -0.2) is 5.26 Å². The Kier molecular flexibility index (Phi) is 5.27. The predicted molar refractivity (Wildman–Crippen MR) is 49.8 cm³/mol. The van der Waals surface area contributed by atoms with E-state index in [1.165, 1.54) is 0 Å². The highest BCUT2D eigenvalue weighted by atomic mass is 35.5. The highest BCUT2D eigenvalue weighted by Crippen LogP contribution is 2.21. The van der Waals surface area contributed by atoms with Crippen molar-refractivity contribution >= 4 is 29.8 Å². The second-order valence-corrected chi connectivity index (χ2v) is 2.55. The van der Waals surface area contributed by atoms with Gasteiger partial charge in [-0.05, 0) is 24.3 Å². The summed E-state index contributed by atoms with van der Waals surface area (Å²) in [6.07, 6.45) is 0. The van der Waals surface area contributed by atoms with E-state index in [2.05, 4.69) is 19.1 Å². The summed E-state index contributed by atoms with van der Waals surface area (Å²) in [4.78, 5) is 0. The molecule has 14 heavy (non-hydrogen) atoms. The third-order valence-corrected chi connectivity index (χ3v) is 1.63.